The third kappa shape index (κ3) is 5.63. The molecular weight excluding hydrogens is 427 g/mol. The molecule has 0 radical (unpaired) electrons. The first-order valence-corrected chi connectivity index (χ1v) is 9.28. The monoisotopic (exact) mass is 445 g/mol. The normalized spacial score (nSPS) is 16.8. The molecule has 1 aromatic carbocycles. The summed E-state index contributed by atoms with van der Waals surface area (Å²) in [6.45, 7) is -0.395. The molecule has 1 amide bonds. The standard InChI is InChI=1S/C18H19ClF3N5O3/c1-23-16-12(19)7-24-17(26-16)25-13-3-2-11(6-14(13)30-9-18(20,21)22)15-8-27(10-28)4-5-29-15/h2-3,6-7,10,15H,4-5,8-9H2,1H3,(H2,23,24,25,26). The van der Waals surface area contributed by atoms with E-state index in [1.807, 2.05) is 0 Å². The molecular formula is C18H19ClF3N5O3. The number of nitrogens with one attached hydrogen (secondary N) is 2. The molecule has 12 heteroatoms. The van der Waals surface area contributed by atoms with E-state index in [-0.39, 0.29) is 17.4 Å². The van der Waals surface area contributed by atoms with Gasteiger partial charge in [-0.05, 0) is 17.7 Å². The zero-order valence-electron chi connectivity index (χ0n) is 15.9. The maximum atomic E-state index is 12.7. The van der Waals surface area contributed by atoms with Gasteiger partial charge in [-0.2, -0.15) is 18.2 Å². The second-order valence-corrected chi connectivity index (χ2v) is 6.79. The van der Waals surface area contributed by atoms with Gasteiger partial charge in [-0.3, -0.25) is 4.79 Å². The highest BCUT2D eigenvalue weighted by Crippen LogP contribution is 2.34. The molecule has 0 bridgehead atoms. The molecule has 0 spiro atoms. The summed E-state index contributed by atoms with van der Waals surface area (Å²) in [5.41, 5.74) is 0.813. The number of morpholine rings is 1. The van der Waals surface area contributed by atoms with Gasteiger partial charge >= 0.3 is 6.18 Å². The van der Waals surface area contributed by atoms with Gasteiger partial charge in [-0.15, -0.1) is 0 Å². The lowest BCUT2D eigenvalue weighted by molar-refractivity contribution is -0.153. The van der Waals surface area contributed by atoms with Crippen LogP contribution in [0, 0.1) is 0 Å². The van der Waals surface area contributed by atoms with Crippen molar-refractivity contribution in [3.63, 3.8) is 0 Å². The molecule has 0 saturated carbocycles. The maximum absolute atomic E-state index is 12.7. The number of nitrogens with zero attached hydrogens (tertiary/aromatic N) is 3. The Labute approximate surface area is 175 Å². The van der Waals surface area contributed by atoms with Crippen LogP contribution in [0.5, 0.6) is 5.75 Å². The molecule has 2 aromatic rings. The van der Waals surface area contributed by atoms with Crippen LogP contribution in [0.1, 0.15) is 11.7 Å². The summed E-state index contributed by atoms with van der Waals surface area (Å²) in [5.74, 6) is 0.420. The van der Waals surface area contributed by atoms with Crippen molar-refractivity contribution in [1.82, 2.24) is 14.9 Å². The summed E-state index contributed by atoms with van der Waals surface area (Å²) >= 11 is 5.95. The van der Waals surface area contributed by atoms with Crippen LogP contribution in [-0.2, 0) is 9.53 Å². The van der Waals surface area contributed by atoms with Gasteiger partial charge in [0.1, 0.15) is 22.7 Å². The Morgan fingerprint density at radius 2 is 2.23 bits per heavy atom. The van der Waals surface area contributed by atoms with Crippen LogP contribution < -0.4 is 15.4 Å². The predicted molar refractivity (Wildman–Crippen MR) is 104 cm³/mol. The molecule has 30 heavy (non-hydrogen) atoms. The van der Waals surface area contributed by atoms with Crippen molar-refractivity contribution in [3.05, 3.63) is 35.0 Å². The van der Waals surface area contributed by atoms with Crippen LogP contribution in [0.25, 0.3) is 0 Å². The topological polar surface area (TPSA) is 88.6 Å². The Bertz CT molecular complexity index is 900. The van der Waals surface area contributed by atoms with Crippen LogP contribution in [0.3, 0.4) is 0 Å². The van der Waals surface area contributed by atoms with Crippen molar-refractivity contribution < 1.29 is 27.4 Å². The first kappa shape index (κ1) is 21.9. The highest BCUT2D eigenvalue weighted by molar-refractivity contribution is 6.32. The molecule has 1 aromatic heterocycles. The Hall–Kier alpha value is -2.79. The number of ether oxygens (including phenoxy) is 2. The summed E-state index contributed by atoms with van der Waals surface area (Å²) in [6, 6.07) is 4.67. The van der Waals surface area contributed by atoms with Crippen molar-refractivity contribution in [1.29, 1.82) is 0 Å². The molecule has 2 heterocycles. The second kappa shape index (κ2) is 9.35. The molecule has 8 nitrogen and oxygen atoms in total. The first-order valence-electron chi connectivity index (χ1n) is 8.91. The van der Waals surface area contributed by atoms with E-state index in [4.69, 9.17) is 21.1 Å². The SMILES string of the molecule is CNc1nc(Nc2ccc(C3CN(C=O)CCO3)cc2OCC(F)(F)F)ncc1Cl. The van der Waals surface area contributed by atoms with Gasteiger partial charge in [0.05, 0.1) is 25.0 Å². The van der Waals surface area contributed by atoms with Crippen LogP contribution in [0.4, 0.5) is 30.6 Å². The highest BCUT2D eigenvalue weighted by atomic mass is 35.5. The van der Waals surface area contributed by atoms with Crippen LogP contribution in [0.2, 0.25) is 5.02 Å². The molecule has 1 atom stereocenters. The third-order valence-corrected chi connectivity index (χ3v) is 4.52. The van der Waals surface area contributed by atoms with E-state index in [1.54, 1.807) is 19.2 Å². The van der Waals surface area contributed by atoms with Crippen molar-refractivity contribution in [2.45, 2.75) is 12.3 Å². The van der Waals surface area contributed by atoms with E-state index >= 15 is 0 Å². The van der Waals surface area contributed by atoms with E-state index < -0.39 is 18.9 Å². The number of anilines is 3. The number of amides is 1. The molecule has 2 N–H and O–H groups in total. The van der Waals surface area contributed by atoms with Gasteiger partial charge in [0.2, 0.25) is 12.4 Å². The lowest BCUT2D eigenvalue weighted by Crippen LogP contribution is -2.37. The fourth-order valence-electron chi connectivity index (χ4n) is 2.81. The molecule has 1 saturated heterocycles. The molecule has 1 fully saturated rings. The Kier molecular flexibility index (Phi) is 6.83. The average Bonchev–Trinajstić information content (AvgIpc) is 2.73. The van der Waals surface area contributed by atoms with Crippen LogP contribution in [-0.4, -0.2) is 60.8 Å². The smallest absolute Gasteiger partial charge is 0.422 e. The molecule has 0 aliphatic carbocycles. The van der Waals surface area contributed by atoms with Crippen molar-refractivity contribution in [3.8, 4) is 5.75 Å². The highest BCUT2D eigenvalue weighted by Gasteiger charge is 2.29. The zero-order chi connectivity index (χ0) is 21.7. The van der Waals surface area contributed by atoms with Gasteiger partial charge in [0.25, 0.3) is 0 Å². The van der Waals surface area contributed by atoms with Crippen molar-refractivity contribution >= 4 is 35.5 Å². The van der Waals surface area contributed by atoms with Crippen LogP contribution in [0.15, 0.2) is 24.4 Å². The number of rotatable bonds is 7. The van der Waals surface area contributed by atoms with Gasteiger partial charge < -0.3 is 25.0 Å². The summed E-state index contributed by atoms with van der Waals surface area (Å²) in [5, 5.41) is 5.92. The summed E-state index contributed by atoms with van der Waals surface area (Å²) in [4.78, 5) is 20.8. The fraction of sp³-hybridized carbons (Fsp3) is 0.389. The number of carbonyl (C=O) groups excluding carboxylic acids is 1. The number of alkyl halides is 3. The predicted octanol–water partition coefficient (Wildman–Crippen LogP) is 3.39. The molecule has 1 aliphatic heterocycles. The minimum Gasteiger partial charge on any atom is -0.482 e. The Morgan fingerprint density at radius 3 is 2.93 bits per heavy atom. The minimum absolute atomic E-state index is 0.0544. The quantitative estimate of drug-likeness (QED) is 0.631. The number of hydrogen-bond acceptors (Lipinski definition) is 7. The largest absolute Gasteiger partial charge is 0.482 e. The number of benzene rings is 1. The van der Waals surface area contributed by atoms with Crippen LogP contribution >= 0.6 is 11.6 Å². The average molecular weight is 446 g/mol. The number of hydrogen-bond donors (Lipinski definition) is 2. The first-order chi connectivity index (χ1) is 14.3. The van der Waals surface area contributed by atoms with E-state index in [1.165, 1.54) is 17.2 Å². The van der Waals surface area contributed by atoms with Gasteiger partial charge in [-0.1, -0.05) is 17.7 Å². The summed E-state index contributed by atoms with van der Waals surface area (Å²) in [7, 11) is 1.62. The van der Waals surface area contributed by atoms with Gasteiger partial charge in [0.15, 0.2) is 6.61 Å². The minimum atomic E-state index is -4.51. The fourth-order valence-corrected chi connectivity index (χ4v) is 3.00. The van der Waals surface area contributed by atoms with E-state index in [9.17, 15) is 18.0 Å². The van der Waals surface area contributed by atoms with E-state index in [2.05, 4.69) is 20.6 Å². The molecule has 162 valence electrons. The zero-order valence-corrected chi connectivity index (χ0v) is 16.6. The third-order valence-electron chi connectivity index (χ3n) is 4.24. The van der Waals surface area contributed by atoms with E-state index in [0.29, 0.717) is 42.5 Å². The summed E-state index contributed by atoms with van der Waals surface area (Å²) < 4.78 is 48.9. The van der Waals surface area contributed by atoms with Gasteiger partial charge in [0, 0.05) is 13.6 Å². The lowest BCUT2D eigenvalue weighted by Gasteiger charge is -2.30. The maximum Gasteiger partial charge on any atom is 0.422 e. The summed E-state index contributed by atoms with van der Waals surface area (Å²) in [6.07, 6.45) is -2.92. The number of carbonyl (C=O) groups is 1. The lowest BCUT2D eigenvalue weighted by atomic mass is 10.1. The second-order valence-electron chi connectivity index (χ2n) is 6.38. The molecule has 3 rings (SSSR count). The van der Waals surface area contributed by atoms with Gasteiger partial charge in [-0.25, -0.2) is 4.98 Å². The molecule has 1 unspecified atom stereocenters. The van der Waals surface area contributed by atoms with Crippen molar-refractivity contribution in [2.24, 2.45) is 0 Å². The Balaban J connectivity index is 1.88. The van der Waals surface area contributed by atoms with E-state index in [0.717, 1.165) is 0 Å². The number of halogens is 4. The Morgan fingerprint density at radius 1 is 1.43 bits per heavy atom. The molecule has 1 aliphatic rings. The van der Waals surface area contributed by atoms with Crippen molar-refractivity contribution in [2.75, 3.05) is 44.0 Å². The number of aromatic nitrogens is 2.